The first-order valence-corrected chi connectivity index (χ1v) is 7.03. The van der Waals surface area contributed by atoms with Crippen molar-refractivity contribution < 1.29 is 5.11 Å². The summed E-state index contributed by atoms with van der Waals surface area (Å²) in [7, 11) is 0. The molecule has 21 heavy (non-hydrogen) atoms. The fourth-order valence-corrected chi connectivity index (χ4v) is 2.73. The molecule has 1 aliphatic rings. The van der Waals surface area contributed by atoms with Gasteiger partial charge in [-0.1, -0.05) is 17.2 Å². The predicted molar refractivity (Wildman–Crippen MR) is 94.2 cm³/mol. The first-order chi connectivity index (χ1) is 9.08. The van der Waals surface area contributed by atoms with Gasteiger partial charge in [-0.3, -0.25) is 4.90 Å². The summed E-state index contributed by atoms with van der Waals surface area (Å²) in [5.74, 6) is 0.314. The van der Waals surface area contributed by atoms with Gasteiger partial charge >= 0.3 is 0 Å². The lowest BCUT2D eigenvalue weighted by molar-refractivity contribution is 0.170. The average Bonchev–Trinajstić information content (AvgIpc) is 2.40. The van der Waals surface area contributed by atoms with Crippen molar-refractivity contribution in [1.82, 2.24) is 10.2 Å². The maximum Gasteiger partial charge on any atom is 0.120 e. The van der Waals surface area contributed by atoms with E-state index in [1.807, 2.05) is 13.0 Å². The molecule has 1 heterocycles. The van der Waals surface area contributed by atoms with Crippen LogP contribution in [0.2, 0.25) is 5.02 Å². The lowest BCUT2D eigenvalue weighted by atomic mass is 9.97. The molecule has 1 aromatic carbocycles. The highest BCUT2D eigenvalue weighted by Crippen LogP contribution is 2.34. The number of rotatable bonds is 4. The summed E-state index contributed by atoms with van der Waals surface area (Å²) in [6, 6.07) is 5.41. The van der Waals surface area contributed by atoms with E-state index in [1.165, 1.54) is 0 Å². The Morgan fingerprint density at radius 3 is 2.57 bits per heavy atom. The quantitative estimate of drug-likeness (QED) is 0.808. The van der Waals surface area contributed by atoms with E-state index in [9.17, 15) is 5.11 Å². The van der Waals surface area contributed by atoms with E-state index in [4.69, 9.17) is 11.6 Å². The summed E-state index contributed by atoms with van der Waals surface area (Å²) in [6.45, 7) is 9.95. The van der Waals surface area contributed by atoms with E-state index in [2.05, 4.69) is 16.8 Å². The summed E-state index contributed by atoms with van der Waals surface area (Å²) >= 11 is 6.07. The van der Waals surface area contributed by atoms with Crippen LogP contribution in [-0.2, 0) is 0 Å². The van der Waals surface area contributed by atoms with Crippen LogP contribution < -0.4 is 5.32 Å². The topological polar surface area (TPSA) is 35.5 Å². The number of nitrogens with one attached hydrogen (secondary N) is 1. The number of nitrogens with zero attached hydrogens (tertiary/aromatic N) is 1. The van der Waals surface area contributed by atoms with Crippen molar-refractivity contribution in [2.24, 2.45) is 0 Å². The zero-order valence-electron chi connectivity index (χ0n) is 12.1. The molecule has 2 N–H and O–H groups in total. The first-order valence-electron chi connectivity index (χ1n) is 6.65. The second-order valence-electron chi connectivity index (χ2n) is 5.17. The zero-order chi connectivity index (χ0) is 13.8. The Kier molecular flexibility index (Phi) is 9.34. The second-order valence-corrected chi connectivity index (χ2v) is 5.60. The van der Waals surface area contributed by atoms with Crippen LogP contribution in [0.3, 0.4) is 0 Å². The van der Waals surface area contributed by atoms with Crippen molar-refractivity contribution in [3.05, 3.63) is 40.9 Å². The van der Waals surface area contributed by atoms with Gasteiger partial charge in [0.05, 0.1) is 0 Å². The Morgan fingerprint density at radius 1 is 1.38 bits per heavy atom. The Morgan fingerprint density at radius 2 is 2.00 bits per heavy atom. The average molecular weight is 354 g/mol. The minimum absolute atomic E-state index is 0. The highest BCUT2D eigenvalue weighted by Gasteiger charge is 2.24. The fourth-order valence-electron chi connectivity index (χ4n) is 2.55. The molecule has 3 nitrogen and oxygen atoms in total. The third-order valence-corrected chi connectivity index (χ3v) is 3.72. The van der Waals surface area contributed by atoms with Gasteiger partial charge < -0.3 is 10.4 Å². The molecule has 2 rings (SSSR count). The molecule has 1 atom stereocenters. The summed E-state index contributed by atoms with van der Waals surface area (Å²) in [6.07, 6.45) is 0.841. The van der Waals surface area contributed by atoms with E-state index in [1.54, 1.807) is 12.1 Å². The van der Waals surface area contributed by atoms with E-state index < -0.39 is 0 Å². The van der Waals surface area contributed by atoms with Crippen LogP contribution in [0.5, 0.6) is 5.75 Å². The third kappa shape index (κ3) is 5.68. The molecule has 0 aliphatic carbocycles. The summed E-state index contributed by atoms with van der Waals surface area (Å²) in [5.41, 5.74) is 2.01. The Bertz CT molecular complexity index is 462. The molecule has 0 unspecified atom stereocenters. The molecule has 1 saturated heterocycles. The molecule has 6 heteroatoms. The van der Waals surface area contributed by atoms with Gasteiger partial charge in [0.2, 0.25) is 0 Å². The van der Waals surface area contributed by atoms with Crippen LogP contribution in [0.15, 0.2) is 30.4 Å². The van der Waals surface area contributed by atoms with Gasteiger partial charge in [-0.05, 0) is 31.5 Å². The van der Waals surface area contributed by atoms with E-state index in [-0.39, 0.29) is 30.9 Å². The number of hydrogen-bond acceptors (Lipinski definition) is 3. The monoisotopic (exact) mass is 352 g/mol. The Hall–Kier alpha value is -0.450. The molecule has 0 amide bonds. The highest BCUT2D eigenvalue weighted by atomic mass is 35.5. The van der Waals surface area contributed by atoms with Gasteiger partial charge in [0.25, 0.3) is 0 Å². The number of aromatic hydroxyl groups is 1. The molecular weight excluding hydrogens is 331 g/mol. The van der Waals surface area contributed by atoms with Gasteiger partial charge in [0.15, 0.2) is 0 Å². The SMILES string of the molecule is C=C(C)C[C@H](c1cc(Cl)ccc1O)N1CCNCC1.Cl.Cl. The van der Waals surface area contributed by atoms with Gasteiger partial charge in [-0.15, -0.1) is 31.4 Å². The lowest BCUT2D eigenvalue weighted by Crippen LogP contribution is -2.45. The van der Waals surface area contributed by atoms with Crippen LogP contribution in [0.1, 0.15) is 24.9 Å². The minimum Gasteiger partial charge on any atom is -0.508 e. The molecule has 1 aromatic rings. The molecule has 0 radical (unpaired) electrons. The smallest absolute Gasteiger partial charge is 0.120 e. The van der Waals surface area contributed by atoms with E-state index in [0.29, 0.717) is 10.8 Å². The molecule has 0 bridgehead atoms. The molecule has 120 valence electrons. The number of phenolic OH excluding ortho intramolecular Hbond substituents is 1. The second kappa shape index (κ2) is 9.54. The van der Waals surface area contributed by atoms with Gasteiger partial charge in [0.1, 0.15) is 5.75 Å². The standard InChI is InChI=1S/C15H21ClN2O.2ClH/c1-11(2)9-14(18-7-5-17-6-8-18)13-10-12(16)3-4-15(13)19;;/h3-4,10,14,17,19H,1,5-9H2,2H3;2*1H/t14-;;/m1../s1. The van der Waals surface area contributed by atoms with E-state index >= 15 is 0 Å². The van der Waals surface area contributed by atoms with Crippen LogP contribution in [-0.4, -0.2) is 36.2 Å². The molecule has 0 aromatic heterocycles. The maximum atomic E-state index is 10.1. The van der Waals surface area contributed by atoms with Gasteiger partial charge in [-0.2, -0.15) is 0 Å². The van der Waals surface area contributed by atoms with Crippen molar-refractivity contribution in [2.45, 2.75) is 19.4 Å². The predicted octanol–water partition coefficient (Wildman–Crippen LogP) is 3.80. The van der Waals surface area contributed by atoms with Crippen LogP contribution >= 0.6 is 36.4 Å². The largest absolute Gasteiger partial charge is 0.508 e. The fraction of sp³-hybridized carbons (Fsp3) is 0.467. The summed E-state index contributed by atoms with van der Waals surface area (Å²) < 4.78 is 0. The van der Waals surface area contributed by atoms with Crippen molar-refractivity contribution in [3.63, 3.8) is 0 Å². The zero-order valence-corrected chi connectivity index (χ0v) is 14.5. The normalized spacial score (nSPS) is 16.5. The first kappa shape index (κ1) is 20.6. The Labute approximate surface area is 144 Å². The Balaban J connectivity index is 0.00000200. The third-order valence-electron chi connectivity index (χ3n) is 3.48. The molecule has 1 aliphatic heterocycles. The van der Waals surface area contributed by atoms with Crippen molar-refractivity contribution in [2.75, 3.05) is 26.2 Å². The van der Waals surface area contributed by atoms with Crippen LogP contribution in [0.25, 0.3) is 0 Å². The van der Waals surface area contributed by atoms with Crippen LogP contribution in [0, 0.1) is 0 Å². The highest BCUT2D eigenvalue weighted by molar-refractivity contribution is 6.30. The lowest BCUT2D eigenvalue weighted by Gasteiger charge is -2.35. The number of piperazine rings is 1. The van der Waals surface area contributed by atoms with E-state index in [0.717, 1.165) is 43.7 Å². The molecular formula is C15H23Cl3N2O. The number of halogens is 3. The van der Waals surface area contributed by atoms with Crippen molar-refractivity contribution >= 4 is 36.4 Å². The molecule has 0 saturated carbocycles. The number of benzene rings is 1. The summed E-state index contributed by atoms with van der Waals surface area (Å²) in [5, 5.41) is 14.1. The molecule has 1 fully saturated rings. The number of hydrogen-bond donors (Lipinski definition) is 2. The molecule has 0 spiro atoms. The van der Waals surface area contributed by atoms with Crippen LogP contribution in [0.4, 0.5) is 0 Å². The minimum atomic E-state index is 0. The number of phenols is 1. The van der Waals surface area contributed by atoms with Crippen molar-refractivity contribution in [3.8, 4) is 5.75 Å². The summed E-state index contributed by atoms with van der Waals surface area (Å²) in [4.78, 5) is 2.39. The van der Waals surface area contributed by atoms with Gasteiger partial charge in [0, 0.05) is 42.8 Å². The van der Waals surface area contributed by atoms with Crippen molar-refractivity contribution in [1.29, 1.82) is 0 Å². The maximum absolute atomic E-state index is 10.1. The van der Waals surface area contributed by atoms with Gasteiger partial charge in [-0.25, -0.2) is 0 Å².